The molecule has 84 valence electrons. The van der Waals surface area contributed by atoms with Gasteiger partial charge in [-0.3, -0.25) is 0 Å². The quantitative estimate of drug-likeness (QED) is 0.779. The zero-order valence-electron chi connectivity index (χ0n) is 8.77. The molecule has 4 nitrogen and oxygen atoms in total. The first-order valence-corrected chi connectivity index (χ1v) is 6.40. The molecule has 0 radical (unpaired) electrons. The van der Waals surface area contributed by atoms with Crippen LogP contribution in [-0.4, -0.2) is 26.3 Å². The normalized spacial score (nSPS) is 16.0. The van der Waals surface area contributed by atoms with Gasteiger partial charge in [0.15, 0.2) is 9.84 Å². The Balaban J connectivity index is 3.44. The largest absolute Gasteiger partial charge is 0.384 e. The van der Waals surface area contributed by atoms with E-state index in [9.17, 15) is 13.5 Å². The third kappa shape index (κ3) is 2.56. The Bertz CT molecular complexity index is 451. The molecule has 1 aromatic rings. The van der Waals surface area contributed by atoms with Gasteiger partial charge in [-0.05, 0) is 13.0 Å². The van der Waals surface area contributed by atoms with Crippen LogP contribution in [0, 0.1) is 0 Å². The molecule has 0 aliphatic carbocycles. The average molecular weight is 229 g/mol. The van der Waals surface area contributed by atoms with Gasteiger partial charge in [-0.15, -0.1) is 0 Å². The van der Waals surface area contributed by atoms with Crippen LogP contribution in [0.1, 0.15) is 12.5 Å². The molecule has 0 saturated heterocycles. The van der Waals surface area contributed by atoms with Gasteiger partial charge in [0, 0.05) is 18.4 Å². The SMILES string of the molecule is CC(O)(CN)c1ccccc1S(C)(=O)=O. The summed E-state index contributed by atoms with van der Waals surface area (Å²) in [7, 11) is -3.34. The van der Waals surface area contributed by atoms with Crippen molar-refractivity contribution >= 4 is 9.84 Å². The summed E-state index contributed by atoms with van der Waals surface area (Å²) < 4.78 is 22.9. The van der Waals surface area contributed by atoms with Crippen molar-refractivity contribution in [2.75, 3.05) is 12.8 Å². The predicted molar refractivity (Wildman–Crippen MR) is 58.2 cm³/mol. The van der Waals surface area contributed by atoms with E-state index in [2.05, 4.69) is 0 Å². The number of nitrogens with two attached hydrogens (primary N) is 1. The lowest BCUT2D eigenvalue weighted by molar-refractivity contribution is 0.0638. The highest BCUT2D eigenvalue weighted by Crippen LogP contribution is 2.26. The minimum atomic E-state index is -3.34. The Hall–Kier alpha value is -0.910. The molecule has 0 aliphatic rings. The van der Waals surface area contributed by atoms with Gasteiger partial charge in [0.05, 0.1) is 4.90 Å². The van der Waals surface area contributed by atoms with E-state index in [-0.39, 0.29) is 11.4 Å². The molecule has 15 heavy (non-hydrogen) atoms. The summed E-state index contributed by atoms with van der Waals surface area (Å²) in [5.41, 5.74) is 4.43. The predicted octanol–water partition coefficient (Wildman–Crippen LogP) is 0.256. The monoisotopic (exact) mass is 229 g/mol. The second-order valence-corrected chi connectivity index (χ2v) is 5.73. The summed E-state index contributed by atoms with van der Waals surface area (Å²) in [4.78, 5) is 0.125. The van der Waals surface area contributed by atoms with Gasteiger partial charge < -0.3 is 10.8 Å². The Kier molecular flexibility index (Phi) is 3.18. The van der Waals surface area contributed by atoms with Crippen molar-refractivity contribution < 1.29 is 13.5 Å². The summed E-state index contributed by atoms with van der Waals surface area (Å²) >= 11 is 0. The molecule has 1 unspecified atom stereocenters. The molecule has 0 heterocycles. The zero-order valence-corrected chi connectivity index (χ0v) is 9.58. The van der Waals surface area contributed by atoms with Crippen molar-refractivity contribution in [2.45, 2.75) is 17.4 Å². The van der Waals surface area contributed by atoms with Crippen LogP contribution in [0.25, 0.3) is 0 Å². The van der Waals surface area contributed by atoms with Crippen LogP contribution >= 0.6 is 0 Å². The number of benzene rings is 1. The second-order valence-electron chi connectivity index (χ2n) is 3.75. The van der Waals surface area contributed by atoms with Crippen molar-refractivity contribution in [1.29, 1.82) is 0 Å². The summed E-state index contributed by atoms with van der Waals surface area (Å²) in [6, 6.07) is 6.33. The van der Waals surface area contributed by atoms with E-state index in [1.807, 2.05) is 0 Å². The van der Waals surface area contributed by atoms with Crippen LogP contribution in [0.5, 0.6) is 0 Å². The molecule has 0 saturated carbocycles. The highest BCUT2D eigenvalue weighted by Gasteiger charge is 2.27. The minimum absolute atomic E-state index is 0.0282. The molecular formula is C10H15NO3S. The molecule has 0 amide bonds. The lowest BCUT2D eigenvalue weighted by Gasteiger charge is -2.23. The minimum Gasteiger partial charge on any atom is -0.384 e. The Labute approximate surface area is 89.7 Å². The Morgan fingerprint density at radius 3 is 2.40 bits per heavy atom. The second kappa shape index (κ2) is 3.92. The molecular weight excluding hydrogens is 214 g/mol. The molecule has 0 aliphatic heterocycles. The van der Waals surface area contributed by atoms with Gasteiger partial charge >= 0.3 is 0 Å². The summed E-state index contributed by atoms with van der Waals surface area (Å²) in [5.74, 6) is 0. The fourth-order valence-electron chi connectivity index (χ4n) is 1.34. The van der Waals surface area contributed by atoms with Crippen molar-refractivity contribution in [3.8, 4) is 0 Å². The van der Waals surface area contributed by atoms with E-state index in [0.717, 1.165) is 6.26 Å². The van der Waals surface area contributed by atoms with E-state index in [1.165, 1.54) is 13.0 Å². The Morgan fingerprint density at radius 1 is 1.40 bits per heavy atom. The van der Waals surface area contributed by atoms with Crippen LogP contribution < -0.4 is 5.73 Å². The number of aliphatic hydroxyl groups is 1. The molecule has 0 spiro atoms. The lowest BCUT2D eigenvalue weighted by atomic mass is 9.96. The third-order valence-electron chi connectivity index (χ3n) is 2.26. The van der Waals surface area contributed by atoms with E-state index < -0.39 is 15.4 Å². The van der Waals surface area contributed by atoms with E-state index in [1.54, 1.807) is 18.2 Å². The number of hydrogen-bond donors (Lipinski definition) is 2. The van der Waals surface area contributed by atoms with E-state index >= 15 is 0 Å². The molecule has 1 atom stereocenters. The average Bonchev–Trinajstić information content (AvgIpc) is 2.16. The fraction of sp³-hybridized carbons (Fsp3) is 0.400. The molecule has 0 fully saturated rings. The number of rotatable bonds is 3. The lowest BCUT2D eigenvalue weighted by Crippen LogP contribution is -2.32. The van der Waals surface area contributed by atoms with E-state index in [0.29, 0.717) is 5.56 Å². The molecule has 0 bridgehead atoms. The summed E-state index contributed by atoms with van der Waals surface area (Å²) in [5, 5.41) is 9.95. The maximum atomic E-state index is 11.5. The van der Waals surface area contributed by atoms with Crippen molar-refractivity contribution in [2.24, 2.45) is 5.73 Å². The van der Waals surface area contributed by atoms with Gasteiger partial charge in [0.25, 0.3) is 0 Å². The highest BCUT2D eigenvalue weighted by atomic mass is 32.2. The molecule has 0 aromatic heterocycles. The van der Waals surface area contributed by atoms with Gasteiger partial charge in [-0.2, -0.15) is 0 Å². The summed E-state index contributed by atoms with van der Waals surface area (Å²) in [6.07, 6.45) is 1.11. The molecule has 1 aromatic carbocycles. The van der Waals surface area contributed by atoms with Crippen LogP contribution in [-0.2, 0) is 15.4 Å². The highest BCUT2D eigenvalue weighted by molar-refractivity contribution is 7.90. The smallest absolute Gasteiger partial charge is 0.175 e. The molecule has 1 rings (SSSR count). The number of hydrogen-bond acceptors (Lipinski definition) is 4. The van der Waals surface area contributed by atoms with Crippen molar-refractivity contribution in [3.63, 3.8) is 0 Å². The third-order valence-corrected chi connectivity index (χ3v) is 3.42. The van der Waals surface area contributed by atoms with Gasteiger partial charge in [0.2, 0.25) is 0 Å². The first kappa shape index (κ1) is 12.2. The van der Waals surface area contributed by atoms with Gasteiger partial charge in [0.1, 0.15) is 5.60 Å². The molecule has 3 N–H and O–H groups in total. The zero-order chi connectivity index (χ0) is 11.7. The summed E-state index contributed by atoms with van der Waals surface area (Å²) in [6.45, 7) is 1.47. The van der Waals surface area contributed by atoms with Crippen LogP contribution in [0.4, 0.5) is 0 Å². The van der Waals surface area contributed by atoms with Crippen LogP contribution in [0.3, 0.4) is 0 Å². The first-order chi connectivity index (χ1) is 6.79. The number of sulfone groups is 1. The van der Waals surface area contributed by atoms with Crippen LogP contribution in [0.15, 0.2) is 29.2 Å². The van der Waals surface area contributed by atoms with Gasteiger partial charge in [-0.1, -0.05) is 18.2 Å². The maximum Gasteiger partial charge on any atom is 0.175 e. The topological polar surface area (TPSA) is 80.4 Å². The Morgan fingerprint density at radius 2 is 1.93 bits per heavy atom. The first-order valence-electron chi connectivity index (χ1n) is 4.51. The van der Waals surface area contributed by atoms with Crippen molar-refractivity contribution in [1.82, 2.24) is 0 Å². The van der Waals surface area contributed by atoms with Crippen molar-refractivity contribution in [3.05, 3.63) is 29.8 Å². The van der Waals surface area contributed by atoms with Gasteiger partial charge in [-0.25, -0.2) is 8.42 Å². The van der Waals surface area contributed by atoms with Crippen LogP contribution in [0.2, 0.25) is 0 Å². The van der Waals surface area contributed by atoms with E-state index in [4.69, 9.17) is 5.73 Å². The maximum absolute atomic E-state index is 11.5. The fourth-order valence-corrected chi connectivity index (χ4v) is 2.36. The molecule has 5 heteroatoms. The standard InChI is InChI=1S/C10H15NO3S/c1-10(12,7-11)8-5-3-4-6-9(8)15(2,13)14/h3-6,12H,7,11H2,1-2H3.